The second kappa shape index (κ2) is 14.8. The number of nitrogens with zero attached hydrogens (tertiary/aromatic N) is 2. The van der Waals surface area contributed by atoms with Gasteiger partial charge in [-0.2, -0.15) is 0 Å². The summed E-state index contributed by atoms with van der Waals surface area (Å²) in [6, 6.07) is 6.43. The fourth-order valence-electron chi connectivity index (χ4n) is 4.18. The number of hydrogen-bond acceptors (Lipinski definition) is 4. The molecule has 0 fully saturated rings. The summed E-state index contributed by atoms with van der Waals surface area (Å²) in [5.41, 5.74) is 0.412. The molecule has 0 aromatic heterocycles. The van der Waals surface area contributed by atoms with Crippen LogP contribution in [0.5, 0.6) is 0 Å². The van der Waals surface area contributed by atoms with Crippen molar-refractivity contribution >= 4 is 11.8 Å². The van der Waals surface area contributed by atoms with Crippen LogP contribution < -0.4 is 0 Å². The van der Waals surface area contributed by atoms with E-state index in [2.05, 4.69) is 27.7 Å². The number of nitro benzene ring substituents is 1. The minimum Gasteiger partial charge on any atom is -0.444 e. The van der Waals surface area contributed by atoms with Gasteiger partial charge in [0.2, 0.25) is 0 Å². The van der Waals surface area contributed by atoms with Gasteiger partial charge in [0.1, 0.15) is 6.61 Å². The average Bonchev–Trinajstić information content (AvgIpc) is 2.72. The van der Waals surface area contributed by atoms with E-state index in [4.69, 9.17) is 4.74 Å². The summed E-state index contributed by atoms with van der Waals surface area (Å²) >= 11 is 0. The van der Waals surface area contributed by atoms with E-state index in [-0.39, 0.29) is 18.4 Å². The minimum atomic E-state index is -0.433. The van der Waals surface area contributed by atoms with Gasteiger partial charge in [0.25, 0.3) is 5.69 Å². The number of ether oxygens (including phenoxy) is 1. The Balaban J connectivity index is 2.92. The second-order valence-electron chi connectivity index (χ2n) is 8.23. The number of nitro groups is 1. The van der Waals surface area contributed by atoms with Crippen LogP contribution in [-0.4, -0.2) is 29.0 Å². The molecule has 1 rings (SSSR count). The Bertz CT molecular complexity index is 605. The van der Waals surface area contributed by atoms with E-state index >= 15 is 0 Å². The molecule has 0 aliphatic carbocycles. The van der Waals surface area contributed by atoms with E-state index in [0.717, 1.165) is 51.4 Å². The summed E-state index contributed by atoms with van der Waals surface area (Å²) in [5.74, 6) is 0.921. The van der Waals surface area contributed by atoms with Crippen LogP contribution in [0.15, 0.2) is 24.3 Å². The van der Waals surface area contributed by atoms with Crippen molar-refractivity contribution in [2.45, 2.75) is 85.7 Å². The van der Waals surface area contributed by atoms with E-state index < -0.39 is 4.92 Å². The molecule has 0 unspecified atom stereocenters. The smallest absolute Gasteiger partial charge is 0.410 e. The molecule has 0 heterocycles. The maximum Gasteiger partial charge on any atom is 0.410 e. The third-order valence-corrected chi connectivity index (χ3v) is 5.54. The van der Waals surface area contributed by atoms with Gasteiger partial charge in [-0.1, -0.05) is 65.5 Å². The Kier molecular flexibility index (Phi) is 12.8. The summed E-state index contributed by atoms with van der Waals surface area (Å²) in [7, 11) is 0. The number of benzene rings is 1. The van der Waals surface area contributed by atoms with Crippen molar-refractivity contribution in [1.82, 2.24) is 4.90 Å². The first-order chi connectivity index (χ1) is 14.5. The quantitative estimate of drug-likeness (QED) is 0.227. The third-order valence-electron chi connectivity index (χ3n) is 5.54. The molecule has 6 nitrogen and oxygen atoms in total. The van der Waals surface area contributed by atoms with Gasteiger partial charge >= 0.3 is 6.09 Å². The van der Waals surface area contributed by atoms with Crippen LogP contribution in [0, 0.1) is 22.0 Å². The lowest BCUT2D eigenvalue weighted by Crippen LogP contribution is -2.39. The van der Waals surface area contributed by atoms with Crippen molar-refractivity contribution in [2.75, 3.05) is 13.1 Å². The van der Waals surface area contributed by atoms with Crippen molar-refractivity contribution in [3.8, 4) is 0 Å². The third kappa shape index (κ3) is 9.14. The van der Waals surface area contributed by atoms with Crippen LogP contribution in [0.25, 0.3) is 0 Å². The molecule has 0 atom stereocenters. The van der Waals surface area contributed by atoms with Gasteiger partial charge in [-0.3, -0.25) is 10.1 Å². The number of hydrogen-bond donors (Lipinski definition) is 0. The summed E-state index contributed by atoms with van der Waals surface area (Å²) < 4.78 is 5.58. The Labute approximate surface area is 182 Å². The normalized spacial score (nSPS) is 11.1. The van der Waals surface area contributed by atoms with Gasteiger partial charge in [0.05, 0.1) is 10.5 Å². The Hall–Kier alpha value is -2.11. The Morgan fingerprint density at radius 1 is 0.933 bits per heavy atom. The van der Waals surface area contributed by atoms with Crippen LogP contribution in [-0.2, 0) is 11.3 Å². The second-order valence-corrected chi connectivity index (χ2v) is 8.23. The van der Waals surface area contributed by atoms with Crippen LogP contribution in [0.3, 0.4) is 0 Å². The van der Waals surface area contributed by atoms with Crippen molar-refractivity contribution in [2.24, 2.45) is 11.8 Å². The summed E-state index contributed by atoms with van der Waals surface area (Å²) in [5, 5.41) is 11.2. The molecule has 1 aromatic carbocycles. The van der Waals surface area contributed by atoms with Crippen LogP contribution in [0.4, 0.5) is 10.5 Å². The number of carbonyl (C=O) groups is 1. The number of para-hydroxylation sites is 1. The zero-order valence-electron chi connectivity index (χ0n) is 19.3. The first-order valence-electron chi connectivity index (χ1n) is 11.6. The maximum atomic E-state index is 13.0. The first kappa shape index (κ1) is 25.9. The molecule has 0 saturated heterocycles. The van der Waals surface area contributed by atoms with Crippen molar-refractivity contribution in [3.63, 3.8) is 0 Å². The van der Waals surface area contributed by atoms with Crippen LogP contribution >= 0.6 is 0 Å². The van der Waals surface area contributed by atoms with E-state index in [1.807, 2.05) is 4.90 Å². The lowest BCUT2D eigenvalue weighted by molar-refractivity contribution is -0.385. The molecular weight excluding hydrogens is 380 g/mol. The van der Waals surface area contributed by atoms with Gasteiger partial charge in [-0.15, -0.1) is 0 Å². The Morgan fingerprint density at radius 3 is 1.83 bits per heavy atom. The molecule has 170 valence electrons. The highest BCUT2D eigenvalue weighted by atomic mass is 16.6. The molecular formula is C24H40N2O4. The molecule has 0 bridgehead atoms. The van der Waals surface area contributed by atoms with E-state index in [9.17, 15) is 14.9 Å². The topological polar surface area (TPSA) is 72.7 Å². The lowest BCUT2D eigenvalue weighted by Gasteiger charge is -2.30. The lowest BCUT2D eigenvalue weighted by atomic mass is 9.95. The first-order valence-corrected chi connectivity index (χ1v) is 11.6. The van der Waals surface area contributed by atoms with E-state index in [1.165, 1.54) is 6.07 Å². The Morgan fingerprint density at radius 2 is 1.40 bits per heavy atom. The van der Waals surface area contributed by atoms with Crippen molar-refractivity contribution < 1.29 is 14.5 Å². The molecule has 6 heteroatoms. The summed E-state index contributed by atoms with van der Waals surface area (Å²) in [4.78, 5) is 25.7. The molecule has 0 radical (unpaired) electrons. The van der Waals surface area contributed by atoms with Gasteiger partial charge in [0.15, 0.2) is 0 Å². The molecule has 1 amide bonds. The van der Waals surface area contributed by atoms with Crippen molar-refractivity contribution in [1.29, 1.82) is 0 Å². The standard InChI is InChI=1S/C24H40N2O4/c1-5-11-20(12-6-2)17-25(18-21(13-7-3)14-8-4)24(27)30-19-22-15-9-10-16-23(22)26(28)29/h9-10,15-16,20-21H,5-8,11-14,17-19H2,1-4H3. The number of rotatable bonds is 15. The van der Waals surface area contributed by atoms with E-state index in [1.54, 1.807) is 18.2 Å². The maximum absolute atomic E-state index is 13.0. The van der Waals surface area contributed by atoms with Crippen LogP contribution in [0.2, 0.25) is 0 Å². The summed E-state index contributed by atoms with van der Waals surface area (Å²) in [6.07, 6.45) is 8.38. The molecule has 0 spiro atoms. The SMILES string of the molecule is CCCC(CCC)CN(CC(CCC)CCC)C(=O)OCc1ccccc1[N+](=O)[O-]. The van der Waals surface area contributed by atoms with Gasteiger partial charge in [0, 0.05) is 19.2 Å². The van der Waals surface area contributed by atoms with Gasteiger partial charge < -0.3 is 9.64 Å². The fourth-order valence-corrected chi connectivity index (χ4v) is 4.18. The summed E-state index contributed by atoms with van der Waals surface area (Å²) in [6.45, 7) is 10.0. The number of carbonyl (C=O) groups excluding carboxylic acids is 1. The number of amides is 1. The largest absolute Gasteiger partial charge is 0.444 e. The highest BCUT2D eigenvalue weighted by molar-refractivity contribution is 5.67. The minimum absolute atomic E-state index is 0.0125. The van der Waals surface area contributed by atoms with Crippen molar-refractivity contribution in [3.05, 3.63) is 39.9 Å². The highest BCUT2D eigenvalue weighted by Gasteiger charge is 2.24. The van der Waals surface area contributed by atoms with E-state index in [0.29, 0.717) is 30.5 Å². The fraction of sp³-hybridized carbons (Fsp3) is 0.708. The molecule has 0 saturated carbocycles. The van der Waals surface area contributed by atoms with Gasteiger partial charge in [-0.05, 0) is 43.6 Å². The zero-order valence-corrected chi connectivity index (χ0v) is 19.3. The average molecular weight is 421 g/mol. The molecule has 0 aliphatic heterocycles. The monoisotopic (exact) mass is 420 g/mol. The van der Waals surface area contributed by atoms with Gasteiger partial charge in [-0.25, -0.2) is 4.79 Å². The molecule has 0 N–H and O–H groups in total. The molecule has 0 aliphatic rings. The zero-order chi connectivity index (χ0) is 22.4. The highest BCUT2D eigenvalue weighted by Crippen LogP contribution is 2.22. The predicted octanol–water partition coefficient (Wildman–Crippen LogP) is 6.97. The molecule has 30 heavy (non-hydrogen) atoms. The molecule has 1 aromatic rings. The van der Waals surface area contributed by atoms with Crippen LogP contribution in [0.1, 0.15) is 84.6 Å². The predicted molar refractivity (Wildman–Crippen MR) is 121 cm³/mol.